The Kier molecular flexibility index (Phi) is 5.41. The van der Waals surface area contributed by atoms with Crippen LogP contribution in [-0.2, 0) is 5.41 Å². The molecule has 2 heterocycles. The van der Waals surface area contributed by atoms with Gasteiger partial charge in [0.2, 0.25) is 0 Å². The molecule has 4 nitrogen and oxygen atoms in total. The summed E-state index contributed by atoms with van der Waals surface area (Å²) in [7, 11) is 0. The molecule has 0 saturated carbocycles. The number of hydrogen-bond donors (Lipinski definition) is 0. The predicted octanol–water partition coefficient (Wildman–Crippen LogP) is 8.24. The molecular weight excluding hydrogens is 476 g/mol. The van der Waals surface area contributed by atoms with Crippen LogP contribution in [0.4, 0.5) is 0 Å². The third-order valence-electron chi connectivity index (χ3n) is 7.77. The van der Waals surface area contributed by atoms with Crippen LogP contribution < -0.4 is 0 Å². The lowest BCUT2D eigenvalue weighted by molar-refractivity contribution is 0.661. The van der Waals surface area contributed by atoms with E-state index in [0.717, 1.165) is 33.9 Å². The highest BCUT2D eigenvalue weighted by Crippen LogP contribution is 2.51. The molecule has 0 bridgehead atoms. The first-order chi connectivity index (χ1) is 19.1. The summed E-state index contributed by atoms with van der Waals surface area (Å²) in [5.41, 5.74) is 11.8. The third-order valence-corrected chi connectivity index (χ3v) is 7.77. The SMILES string of the molecule is CC1(C)c2cc(-c3ccccc3-c3ncccn3)ccc2-c2ccc(-c3ccccc3-c3ncccn3)cc21. The van der Waals surface area contributed by atoms with Gasteiger partial charge < -0.3 is 0 Å². The van der Waals surface area contributed by atoms with Gasteiger partial charge in [0.05, 0.1) is 0 Å². The Hall–Kier alpha value is -4.96. The van der Waals surface area contributed by atoms with Crippen molar-refractivity contribution in [3.63, 3.8) is 0 Å². The van der Waals surface area contributed by atoms with E-state index in [2.05, 4.69) is 107 Å². The van der Waals surface area contributed by atoms with Crippen molar-refractivity contribution >= 4 is 0 Å². The molecule has 1 aliphatic rings. The van der Waals surface area contributed by atoms with Crippen LogP contribution in [0.25, 0.3) is 56.2 Å². The average Bonchev–Trinajstić information content (AvgIpc) is 3.23. The van der Waals surface area contributed by atoms with Gasteiger partial charge in [-0.3, -0.25) is 0 Å². The molecule has 0 N–H and O–H groups in total. The minimum Gasteiger partial charge on any atom is -0.237 e. The molecule has 4 aromatic carbocycles. The maximum Gasteiger partial charge on any atom is 0.159 e. The smallest absolute Gasteiger partial charge is 0.159 e. The van der Waals surface area contributed by atoms with E-state index in [1.165, 1.54) is 33.4 Å². The van der Waals surface area contributed by atoms with Crippen LogP contribution in [0.1, 0.15) is 25.0 Å². The summed E-state index contributed by atoms with van der Waals surface area (Å²) in [6, 6.07) is 34.1. The highest BCUT2D eigenvalue weighted by atomic mass is 14.9. The molecule has 2 aromatic heterocycles. The Labute approximate surface area is 228 Å². The normalized spacial score (nSPS) is 13.1. The molecule has 1 aliphatic carbocycles. The fourth-order valence-corrected chi connectivity index (χ4v) is 5.81. The molecule has 0 unspecified atom stereocenters. The van der Waals surface area contributed by atoms with Crippen LogP contribution in [0.5, 0.6) is 0 Å². The minimum absolute atomic E-state index is 0.160. The standard InChI is InChI=1S/C35H26N4/c1-35(2)31-21-23(25-9-3-5-11-29(25)33-36-17-7-18-37-33)13-15-27(31)28-16-14-24(22-32(28)35)26-10-4-6-12-30(26)34-38-19-8-20-39-34/h3-22H,1-2H3. The first-order valence-corrected chi connectivity index (χ1v) is 13.1. The predicted molar refractivity (Wildman–Crippen MR) is 157 cm³/mol. The van der Waals surface area contributed by atoms with Gasteiger partial charge in [-0.1, -0.05) is 86.6 Å². The lowest BCUT2D eigenvalue weighted by Gasteiger charge is -2.23. The van der Waals surface area contributed by atoms with Crippen molar-refractivity contribution < 1.29 is 0 Å². The number of hydrogen-bond acceptors (Lipinski definition) is 4. The second kappa shape index (κ2) is 9.10. The van der Waals surface area contributed by atoms with Crippen molar-refractivity contribution in [1.82, 2.24) is 19.9 Å². The zero-order valence-corrected chi connectivity index (χ0v) is 21.8. The molecule has 0 spiro atoms. The van der Waals surface area contributed by atoms with Gasteiger partial charge in [-0.05, 0) is 68.8 Å². The van der Waals surface area contributed by atoms with Crippen molar-refractivity contribution in [2.75, 3.05) is 0 Å². The van der Waals surface area contributed by atoms with E-state index in [0.29, 0.717) is 0 Å². The van der Waals surface area contributed by atoms with Crippen molar-refractivity contribution in [3.8, 4) is 56.2 Å². The van der Waals surface area contributed by atoms with Crippen molar-refractivity contribution in [2.24, 2.45) is 0 Å². The fourth-order valence-electron chi connectivity index (χ4n) is 5.81. The van der Waals surface area contributed by atoms with Gasteiger partial charge >= 0.3 is 0 Å². The molecular formula is C35H26N4. The van der Waals surface area contributed by atoms with E-state index < -0.39 is 0 Å². The molecule has 0 amide bonds. The Morgan fingerprint density at radius 3 is 1.21 bits per heavy atom. The van der Waals surface area contributed by atoms with Gasteiger partial charge in [0, 0.05) is 41.3 Å². The summed E-state index contributed by atoms with van der Waals surface area (Å²) in [5.74, 6) is 1.48. The van der Waals surface area contributed by atoms with Gasteiger partial charge in [-0.2, -0.15) is 0 Å². The van der Waals surface area contributed by atoms with Crippen LogP contribution in [-0.4, -0.2) is 19.9 Å². The van der Waals surface area contributed by atoms with E-state index in [4.69, 9.17) is 0 Å². The van der Waals surface area contributed by atoms with Crippen molar-refractivity contribution in [2.45, 2.75) is 19.3 Å². The molecule has 4 heteroatoms. The highest BCUT2D eigenvalue weighted by molar-refractivity contribution is 5.89. The Bertz CT molecular complexity index is 1690. The molecule has 0 fully saturated rings. The van der Waals surface area contributed by atoms with Crippen molar-refractivity contribution in [3.05, 3.63) is 133 Å². The van der Waals surface area contributed by atoms with Gasteiger partial charge in [0.15, 0.2) is 11.6 Å². The molecule has 0 saturated heterocycles. The second-order valence-corrected chi connectivity index (χ2v) is 10.4. The maximum absolute atomic E-state index is 4.52. The minimum atomic E-state index is -0.160. The molecule has 39 heavy (non-hydrogen) atoms. The van der Waals surface area contributed by atoms with Crippen LogP contribution >= 0.6 is 0 Å². The van der Waals surface area contributed by atoms with Gasteiger partial charge in [-0.25, -0.2) is 19.9 Å². The first-order valence-electron chi connectivity index (χ1n) is 13.1. The Balaban J connectivity index is 1.33. The Morgan fingerprint density at radius 1 is 0.410 bits per heavy atom. The lowest BCUT2D eigenvalue weighted by Crippen LogP contribution is -2.15. The monoisotopic (exact) mass is 502 g/mol. The van der Waals surface area contributed by atoms with E-state index in [-0.39, 0.29) is 5.41 Å². The highest BCUT2D eigenvalue weighted by Gasteiger charge is 2.36. The topological polar surface area (TPSA) is 51.6 Å². The van der Waals surface area contributed by atoms with E-state index in [1.807, 2.05) is 24.3 Å². The average molecular weight is 503 g/mol. The largest absolute Gasteiger partial charge is 0.237 e. The zero-order chi connectivity index (χ0) is 26.4. The summed E-state index contributed by atoms with van der Waals surface area (Å²) in [5, 5.41) is 0. The number of benzene rings is 4. The lowest BCUT2D eigenvalue weighted by atomic mass is 9.80. The molecule has 186 valence electrons. The van der Waals surface area contributed by atoms with E-state index >= 15 is 0 Å². The molecule has 0 radical (unpaired) electrons. The maximum atomic E-state index is 4.52. The molecule has 7 rings (SSSR count). The number of fused-ring (bicyclic) bond motifs is 3. The van der Waals surface area contributed by atoms with Gasteiger partial charge in [0.25, 0.3) is 0 Å². The first kappa shape index (κ1) is 23.2. The number of rotatable bonds is 4. The molecule has 0 atom stereocenters. The summed E-state index contributed by atoms with van der Waals surface area (Å²) < 4.78 is 0. The summed E-state index contributed by atoms with van der Waals surface area (Å²) >= 11 is 0. The van der Waals surface area contributed by atoms with E-state index in [1.54, 1.807) is 24.8 Å². The quantitative estimate of drug-likeness (QED) is 0.244. The van der Waals surface area contributed by atoms with Crippen LogP contribution in [0.15, 0.2) is 122 Å². The van der Waals surface area contributed by atoms with Gasteiger partial charge in [0.1, 0.15) is 0 Å². The summed E-state index contributed by atoms with van der Waals surface area (Å²) in [6.45, 7) is 4.65. The molecule has 6 aromatic rings. The van der Waals surface area contributed by atoms with Gasteiger partial charge in [-0.15, -0.1) is 0 Å². The Morgan fingerprint density at radius 2 is 0.795 bits per heavy atom. The second-order valence-electron chi connectivity index (χ2n) is 10.4. The zero-order valence-electron chi connectivity index (χ0n) is 21.8. The summed E-state index contributed by atoms with van der Waals surface area (Å²) in [6.07, 6.45) is 7.17. The van der Waals surface area contributed by atoms with Crippen LogP contribution in [0, 0.1) is 0 Å². The van der Waals surface area contributed by atoms with Crippen molar-refractivity contribution in [1.29, 1.82) is 0 Å². The van der Waals surface area contributed by atoms with Crippen LogP contribution in [0.2, 0.25) is 0 Å². The summed E-state index contributed by atoms with van der Waals surface area (Å²) in [4.78, 5) is 18.1. The van der Waals surface area contributed by atoms with E-state index in [9.17, 15) is 0 Å². The third kappa shape index (κ3) is 3.84. The number of nitrogens with zero attached hydrogens (tertiary/aromatic N) is 4. The fraction of sp³-hybridized carbons (Fsp3) is 0.0857. The molecule has 0 aliphatic heterocycles. The van der Waals surface area contributed by atoms with Crippen LogP contribution in [0.3, 0.4) is 0 Å². The number of aromatic nitrogens is 4.